The molecule has 0 aliphatic rings. The summed E-state index contributed by atoms with van der Waals surface area (Å²) in [6, 6.07) is 12.3. The Kier molecular flexibility index (Phi) is 8.38. The van der Waals surface area contributed by atoms with Gasteiger partial charge >= 0.3 is 6.18 Å². The molecule has 3 aromatic rings. The van der Waals surface area contributed by atoms with E-state index in [2.05, 4.69) is 20.8 Å². The lowest BCUT2D eigenvalue weighted by Crippen LogP contribution is -2.20. The Labute approximate surface area is 198 Å². The molecule has 0 saturated carbocycles. The standard InChI is InChI=1S/C24H21F3N4O4/c1-2-34-21-11-16(13-29-31-23(33)17-5-4-10-28-14-17)8-9-20(21)35-15-22(32)30-19-7-3-6-18(12-19)24(25,26)27/h3-14H,2,15H2,1H3,(H,30,32)(H,31,33)/b29-13+. The number of carbonyl (C=O) groups excluding carboxylic acids is 2. The second-order valence-electron chi connectivity index (χ2n) is 7.00. The maximum Gasteiger partial charge on any atom is 0.416 e. The molecular weight excluding hydrogens is 465 g/mol. The number of amides is 2. The van der Waals surface area contributed by atoms with Gasteiger partial charge in [-0.3, -0.25) is 14.6 Å². The fraction of sp³-hybridized carbons (Fsp3) is 0.167. The van der Waals surface area contributed by atoms with E-state index in [1.807, 2.05) is 0 Å². The number of nitrogens with one attached hydrogen (secondary N) is 2. The van der Waals surface area contributed by atoms with Crippen molar-refractivity contribution in [2.24, 2.45) is 5.10 Å². The summed E-state index contributed by atoms with van der Waals surface area (Å²) in [7, 11) is 0. The highest BCUT2D eigenvalue weighted by atomic mass is 19.4. The van der Waals surface area contributed by atoms with Crippen LogP contribution >= 0.6 is 0 Å². The zero-order chi connectivity index (χ0) is 25.3. The molecule has 3 rings (SSSR count). The Balaban J connectivity index is 1.60. The van der Waals surface area contributed by atoms with Crippen LogP contribution < -0.4 is 20.2 Å². The highest BCUT2D eigenvalue weighted by Gasteiger charge is 2.30. The fourth-order valence-electron chi connectivity index (χ4n) is 2.83. The number of anilines is 1. The first kappa shape index (κ1) is 25.2. The lowest BCUT2D eigenvalue weighted by molar-refractivity contribution is -0.137. The molecule has 8 nitrogen and oxygen atoms in total. The van der Waals surface area contributed by atoms with E-state index in [0.717, 1.165) is 12.1 Å². The molecule has 0 bridgehead atoms. The lowest BCUT2D eigenvalue weighted by atomic mass is 10.2. The van der Waals surface area contributed by atoms with Crippen LogP contribution in [-0.2, 0) is 11.0 Å². The van der Waals surface area contributed by atoms with Crippen molar-refractivity contribution in [2.75, 3.05) is 18.5 Å². The van der Waals surface area contributed by atoms with Crippen LogP contribution in [0.5, 0.6) is 11.5 Å². The predicted octanol–water partition coefficient (Wildman–Crippen LogP) is 4.28. The molecule has 182 valence electrons. The quantitative estimate of drug-likeness (QED) is 0.347. The number of carbonyl (C=O) groups is 2. The second kappa shape index (κ2) is 11.6. The van der Waals surface area contributed by atoms with Gasteiger partial charge in [-0.25, -0.2) is 5.43 Å². The van der Waals surface area contributed by atoms with Gasteiger partial charge in [0.25, 0.3) is 11.8 Å². The topological polar surface area (TPSA) is 102 Å². The van der Waals surface area contributed by atoms with Crippen molar-refractivity contribution in [3.05, 3.63) is 83.7 Å². The summed E-state index contributed by atoms with van der Waals surface area (Å²) in [5.41, 5.74) is 2.45. The Bertz CT molecular complexity index is 1200. The Morgan fingerprint density at radius 1 is 1.06 bits per heavy atom. The summed E-state index contributed by atoms with van der Waals surface area (Å²) >= 11 is 0. The molecule has 0 radical (unpaired) electrons. The van der Waals surface area contributed by atoms with E-state index < -0.39 is 30.2 Å². The molecule has 2 aromatic carbocycles. The lowest BCUT2D eigenvalue weighted by Gasteiger charge is -2.13. The van der Waals surface area contributed by atoms with Crippen molar-refractivity contribution >= 4 is 23.7 Å². The minimum atomic E-state index is -4.52. The number of aromatic nitrogens is 1. The van der Waals surface area contributed by atoms with E-state index in [-0.39, 0.29) is 11.4 Å². The van der Waals surface area contributed by atoms with Crippen molar-refractivity contribution in [1.82, 2.24) is 10.4 Å². The summed E-state index contributed by atoms with van der Waals surface area (Å²) < 4.78 is 49.5. The molecule has 0 atom stereocenters. The van der Waals surface area contributed by atoms with Crippen LogP contribution in [0, 0.1) is 0 Å². The average Bonchev–Trinajstić information content (AvgIpc) is 2.84. The van der Waals surface area contributed by atoms with Crippen LogP contribution in [0.3, 0.4) is 0 Å². The molecule has 11 heteroatoms. The van der Waals surface area contributed by atoms with Gasteiger partial charge in [0.1, 0.15) is 0 Å². The molecule has 0 saturated heterocycles. The molecule has 1 heterocycles. The van der Waals surface area contributed by atoms with Crippen molar-refractivity contribution in [2.45, 2.75) is 13.1 Å². The number of benzene rings is 2. The largest absolute Gasteiger partial charge is 0.490 e. The fourth-order valence-corrected chi connectivity index (χ4v) is 2.83. The minimum Gasteiger partial charge on any atom is -0.490 e. The highest BCUT2D eigenvalue weighted by molar-refractivity contribution is 5.94. The van der Waals surface area contributed by atoms with E-state index >= 15 is 0 Å². The van der Waals surface area contributed by atoms with Crippen molar-refractivity contribution in [3.63, 3.8) is 0 Å². The van der Waals surface area contributed by atoms with E-state index in [9.17, 15) is 22.8 Å². The summed E-state index contributed by atoms with van der Waals surface area (Å²) in [6.07, 6.45) is -0.154. The maximum absolute atomic E-state index is 12.8. The van der Waals surface area contributed by atoms with Crippen LogP contribution in [0.25, 0.3) is 0 Å². The third kappa shape index (κ3) is 7.56. The van der Waals surface area contributed by atoms with E-state index in [1.165, 1.54) is 24.5 Å². The number of hydrogen-bond donors (Lipinski definition) is 2. The first-order valence-corrected chi connectivity index (χ1v) is 10.4. The number of rotatable bonds is 9. The maximum atomic E-state index is 12.8. The smallest absolute Gasteiger partial charge is 0.416 e. The van der Waals surface area contributed by atoms with Gasteiger partial charge < -0.3 is 14.8 Å². The molecule has 0 aliphatic carbocycles. The van der Waals surface area contributed by atoms with Gasteiger partial charge in [0.2, 0.25) is 0 Å². The monoisotopic (exact) mass is 486 g/mol. The number of alkyl halides is 3. The number of nitrogens with zero attached hydrogens (tertiary/aromatic N) is 2. The minimum absolute atomic E-state index is 0.00153. The zero-order valence-corrected chi connectivity index (χ0v) is 18.5. The summed E-state index contributed by atoms with van der Waals surface area (Å²) in [6.45, 7) is 1.62. The first-order chi connectivity index (χ1) is 16.8. The zero-order valence-electron chi connectivity index (χ0n) is 18.5. The first-order valence-electron chi connectivity index (χ1n) is 10.4. The number of halogens is 3. The van der Waals surface area contributed by atoms with Crippen LogP contribution in [0.15, 0.2) is 72.1 Å². The number of hydrogen-bond acceptors (Lipinski definition) is 6. The Morgan fingerprint density at radius 2 is 1.89 bits per heavy atom. The van der Waals surface area contributed by atoms with Gasteiger partial charge in [-0.15, -0.1) is 0 Å². The van der Waals surface area contributed by atoms with Crippen molar-refractivity contribution in [3.8, 4) is 11.5 Å². The highest BCUT2D eigenvalue weighted by Crippen LogP contribution is 2.31. The summed E-state index contributed by atoms with van der Waals surface area (Å²) in [5, 5.41) is 6.27. The molecule has 0 spiro atoms. The van der Waals surface area contributed by atoms with E-state index in [4.69, 9.17) is 9.47 Å². The number of pyridine rings is 1. The molecule has 0 fully saturated rings. The molecule has 2 amide bonds. The summed E-state index contributed by atoms with van der Waals surface area (Å²) in [4.78, 5) is 28.0. The molecule has 0 unspecified atom stereocenters. The molecule has 2 N–H and O–H groups in total. The predicted molar refractivity (Wildman–Crippen MR) is 122 cm³/mol. The van der Waals surface area contributed by atoms with Crippen LogP contribution in [0.2, 0.25) is 0 Å². The number of hydrazone groups is 1. The third-order valence-electron chi connectivity index (χ3n) is 4.40. The van der Waals surface area contributed by atoms with Gasteiger partial charge in [-0.05, 0) is 61.0 Å². The van der Waals surface area contributed by atoms with E-state index in [0.29, 0.717) is 23.5 Å². The number of ether oxygens (including phenoxy) is 2. The second-order valence-corrected chi connectivity index (χ2v) is 7.00. The van der Waals surface area contributed by atoms with Crippen LogP contribution in [0.4, 0.5) is 18.9 Å². The van der Waals surface area contributed by atoms with Crippen molar-refractivity contribution < 1.29 is 32.2 Å². The molecule has 0 aliphatic heterocycles. The van der Waals surface area contributed by atoms with Crippen molar-refractivity contribution in [1.29, 1.82) is 0 Å². The summed E-state index contributed by atoms with van der Waals surface area (Å²) in [5.74, 6) is -0.494. The molecule has 1 aromatic heterocycles. The van der Waals surface area contributed by atoms with E-state index in [1.54, 1.807) is 43.5 Å². The normalized spacial score (nSPS) is 11.2. The van der Waals surface area contributed by atoms with Gasteiger partial charge in [0.05, 0.1) is 23.9 Å². The molecular formula is C24H21F3N4O4. The van der Waals surface area contributed by atoms with Gasteiger partial charge in [0.15, 0.2) is 18.1 Å². The Morgan fingerprint density at radius 3 is 2.60 bits per heavy atom. The third-order valence-corrected chi connectivity index (χ3v) is 4.40. The molecule has 35 heavy (non-hydrogen) atoms. The van der Waals surface area contributed by atoms with Crippen LogP contribution in [0.1, 0.15) is 28.4 Å². The van der Waals surface area contributed by atoms with Gasteiger partial charge in [0, 0.05) is 18.1 Å². The van der Waals surface area contributed by atoms with Gasteiger partial charge in [-0.2, -0.15) is 18.3 Å². The Hall–Kier alpha value is -4.41. The average molecular weight is 486 g/mol. The van der Waals surface area contributed by atoms with Crippen LogP contribution in [-0.4, -0.2) is 36.2 Å². The van der Waals surface area contributed by atoms with Gasteiger partial charge in [-0.1, -0.05) is 6.07 Å². The SMILES string of the molecule is CCOc1cc(/C=N/NC(=O)c2cccnc2)ccc1OCC(=O)Nc1cccc(C(F)(F)F)c1.